The van der Waals surface area contributed by atoms with Gasteiger partial charge in [0.1, 0.15) is 11.3 Å². The highest BCUT2D eigenvalue weighted by Crippen LogP contribution is 2.22. The molecule has 1 aromatic carbocycles. The summed E-state index contributed by atoms with van der Waals surface area (Å²) in [5.41, 5.74) is 4.67. The topological polar surface area (TPSA) is 97.6 Å². The van der Waals surface area contributed by atoms with E-state index in [-0.39, 0.29) is 11.9 Å². The summed E-state index contributed by atoms with van der Waals surface area (Å²) >= 11 is 0. The van der Waals surface area contributed by atoms with Gasteiger partial charge >= 0.3 is 0 Å². The van der Waals surface area contributed by atoms with Crippen molar-refractivity contribution in [3.63, 3.8) is 0 Å². The van der Waals surface area contributed by atoms with Crippen LogP contribution in [0, 0.1) is 6.92 Å². The first-order valence-corrected chi connectivity index (χ1v) is 9.24. The minimum atomic E-state index is -0.188. The Labute approximate surface area is 168 Å². The molecule has 0 aliphatic carbocycles. The molecule has 0 bridgehead atoms. The Morgan fingerprint density at radius 3 is 2.83 bits per heavy atom. The molecule has 0 saturated carbocycles. The SMILES string of the molecule is Cc1cncc(C(=O)Nc2cccc([C@H](C)Nc3cnc4cnn(C)c4n3)c2)c1. The Morgan fingerprint density at radius 1 is 1.14 bits per heavy atom. The number of rotatable bonds is 5. The van der Waals surface area contributed by atoms with Gasteiger partial charge in [0.25, 0.3) is 5.91 Å². The van der Waals surface area contributed by atoms with E-state index in [1.807, 2.05) is 51.2 Å². The number of pyridine rings is 1. The van der Waals surface area contributed by atoms with Crippen LogP contribution >= 0.6 is 0 Å². The Bertz CT molecular complexity index is 1180. The largest absolute Gasteiger partial charge is 0.362 e. The molecule has 2 N–H and O–H groups in total. The Hall–Kier alpha value is -3.81. The van der Waals surface area contributed by atoms with Crippen LogP contribution < -0.4 is 10.6 Å². The lowest BCUT2D eigenvalue weighted by Crippen LogP contribution is -2.13. The quantitative estimate of drug-likeness (QED) is 0.544. The number of aromatic nitrogens is 5. The first kappa shape index (κ1) is 18.5. The van der Waals surface area contributed by atoms with Crippen LogP contribution in [0.2, 0.25) is 0 Å². The molecule has 0 unspecified atom stereocenters. The van der Waals surface area contributed by atoms with Gasteiger partial charge < -0.3 is 10.6 Å². The number of amides is 1. The number of anilines is 2. The molecule has 3 heterocycles. The second kappa shape index (κ2) is 7.67. The predicted molar refractivity (Wildman–Crippen MR) is 112 cm³/mol. The second-order valence-electron chi connectivity index (χ2n) is 6.93. The molecule has 4 aromatic rings. The molecule has 146 valence electrons. The highest BCUT2D eigenvalue weighted by atomic mass is 16.1. The second-order valence-corrected chi connectivity index (χ2v) is 6.93. The van der Waals surface area contributed by atoms with Gasteiger partial charge in [-0.05, 0) is 43.2 Å². The summed E-state index contributed by atoms with van der Waals surface area (Å²) < 4.78 is 1.69. The maximum atomic E-state index is 12.5. The molecule has 0 fully saturated rings. The van der Waals surface area contributed by atoms with Crippen molar-refractivity contribution >= 4 is 28.6 Å². The van der Waals surface area contributed by atoms with Crippen molar-refractivity contribution in [1.82, 2.24) is 24.7 Å². The number of aryl methyl sites for hydroxylation is 2. The number of carbonyl (C=O) groups excluding carboxylic acids is 1. The number of fused-ring (bicyclic) bond motifs is 1. The number of hydrogen-bond donors (Lipinski definition) is 2. The van der Waals surface area contributed by atoms with Gasteiger partial charge in [-0.15, -0.1) is 0 Å². The molecule has 4 rings (SSSR count). The lowest BCUT2D eigenvalue weighted by molar-refractivity contribution is 0.102. The van der Waals surface area contributed by atoms with Crippen molar-refractivity contribution in [2.24, 2.45) is 7.05 Å². The average Bonchev–Trinajstić information content (AvgIpc) is 3.08. The average molecular weight is 387 g/mol. The van der Waals surface area contributed by atoms with E-state index in [2.05, 4.69) is 30.7 Å². The molecule has 29 heavy (non-hydrogen) atoms. The zero-order valence-electron chi connectivity index (χ0n) is 16.4. The summed E-state index contributed by atoms with van der Waals surface area (Å²) in [6.45, 7) is 3.93. The van der Waals surface area contributed by atoms with Gasteiger partial charge in [-0.3, -0.25) is 9.78 Å². The van der Waals surface area contributed by atoms with E-state index in [0.29, 0.717) is 11.4 Å². The van der Waals surface area contributed by atoms with E-state index in [1.165, 1.54) is 0 Å². The van der Waals surface area contributed by atoms with Crippen LogP contribution in [-0.4, -0.2) is 30.6 Å². The number of nitrogens with zero attached hydrogens (tertiary/aromatic N) is 5. The van der Waals surface area contributed by atoms with Crippen molar-refractivity contribution in [3.05, 3.63) is 71.8 Å². The van der Waals surface area contributed by atoms with Crippen molar-refractivity contribution in [2.45, 2.75) is 19.9 Å². The van der Waals surface area contributed by atoms with Crippen molar-refractivity contribution in [1.29, 1.82) is 0 Å². The van der Waals surface area contributed by atoms with Crippen LogP contribution in [0.15, 0.2) is 55.1 Å². The molecule has 8 heteroatoms. The van der Waals surface area contributed by atoms with Gasteiger partial charge in [-0.25, -0.2) is 14.6 Å². The fraction of sp³-hybridized carbons (Fsp3) is 0.190. The summed E-state index contributed by atoms with van der Waals surface area (Å²) in [6, 6.07) is 9.48. The van der Waals surface area contributed by atoms with E-state index in [9.17, 15) is 4.79 Å². The minimum Gasteiger partial charge on any atom is -0.362 e. The van der Waals surface area contributed by atoms with Gasteiger partial charge in [0, 0.05) is 25.1 Å². The Balaban J connectivity index is 1.49. The van der Waals surface area contributed by atoms with Crippen LogP contribution in [0.25, 0.3) is 11.2 Å². The predicted octanol–water partition coefficient (Wildman–Crippen LogP) is 3.49. The molecular weight excluding hydrogens is 366 g/mol. The lowest BCUT2D eigenvalue weighted by atomic mass is 10.1. The van der Waals surface area contributed by atoms with Gasteiger partial charge in [0.15, 0.2) is 5.65 Å². The van der Waals surface area contributed by atoms with Gasteiger partial charge in [0.05, 0.1) is 24.0 Å². The number of carbonyl (C=O) groups is 1. The van der Waals surface area contributed by atoms with Crippen molar-refractivity contribution < 1.29 is 4.79 Å². The standard InChI is InChI=1S/C21H21N7O/c1-13-7-16(10-22-9-13)21(29)26-17-6-4-5-15(8-17)14(2)25-19-12-23-18-11-24-28(3)20(18)27-19/h4-12,14H,1-3H3,(H,25,27)(H,26,29)/t14-/m0/s1. The summed E-state index contributed by atoms with van der Waals surface area (Å²) in [7, 11) is 1.83. The minimum absolute atomic E-state index is 0.0348. The molecule has 0 radical (unpaired) electrons. The maximum absolute atomic E-state index is 12.5. The van der Waals surface area contributed by atoms with Crippen LogP contribution in [0.1, 0.15) is 34.5 Å². The van der Waals surface area contributed by atoms with Crippen LogP contribution in [0.5, 0.6) is 0 Å². The zero-order valence-corrected chi connectivity index (χ0v) is 16.4. The van der Waals surface area contributed by atoms with E-state index < -0.39 is 0 Å². The highest BCUT2D eigenvalue weighted by Gasteiger charge is 2.11. The molecule has 0 aliphatic heterocycles. The molecule has 1 amide bonds. The summed E-state index contributed by atoms with van der Waals surface area (Å²) in [5, 5.41) is 10.4. The van der Waals surface area contributed by atoms with Crippen LogP contribution in [0.3, 0.4) is 0 Å². The highest BCUT2D eigenvalue weighted by molar-refractivity contribution is 6.04. The molecule has 0 spiro atoms. The van der Waals surface area contributed by atoms with Crippen LogP contribution in [0.4, 0.5) is 11.5 Å². The molecule has 8 nitrogen and oxygen atoms in total. The third-order valence-electron chi connectivity index (χ3n) is 4.59. The first-order chi connectivity index (χ1) is 14.0. The van der Waals surface area contributed by atoms with E-state index in [4.69, 9.17) is 0 Å². The van der Waals surface area contributed by atoms with Gasteiger partial charge in [-0.2, -0.15) is 5.10 Å². The van der Waals surface area contributed by atoms with Crippen molar-refractivity contribution in [2.75, 3.05) is 10.6 Å². The number of benzene rings is 1. The van der Waals surface area contributed by atoms with Gasteiger partial charge in [0.2, 0.25) is 0 Å². The van der Waals surface area contributed by atoms with E-state index in [1.54, 1.807) is 29.5 Å². The molecule has 1 atom stereocenters. The number of hydrogen-bond acceptors (Lipinski definition) is 6. The zero-order chi connectivity index (χ0) is 20.4. The maximum Gasteiger partial charge on any atom is 0.257 e. The molecule has 3 aromatic heterocycles. The lowest BCUT2D eigenvalue weighted by Gasteiger charge is -2.16. The smallest absolute Gasteiger partial charge is 0.257 e. The van der Waals surface area contributed by atoms with Crippen molar-refractivity contribution in [3.8, 4) is 0 Å². The Kier molecular flexibility index (Phi) is 4.90. The van der Waals surface area contributed by atoms with Gasteiger partial charge in [-0.1, -0.05) is 12.1 Å². The normalized spacial score (nSPS) is 12.0. The van der Waals surface area contributed by atoms with Crippen LogP contribution in [-0.2, 0) is 7.05 Å². The molecule has 0 aliphatic rings. The fourth-order valence-corrected chi connectivity index (χ4v) is 3.06. The molecule has 0 saturated heterocycles. The summed E-state index contributed by atoms with van der Waals surface area (Å²) in [6.07, 6.45) is 6.66. The fourth-order valence-electron chi connectivity index (χ4n) is 3.06. The number of nitrogens with one attached hydrogen (secondary N) is 2. The Morgan fingerprint density at radius 2 is 2.00 bits per heavy atom. The third kappa shape index (κ3) is 4.06. The van der Waals surface area contributed by atoms with E-state index in [0.717, 1.165) is 28.0 Å². The summed E-state index contributed by atoms with van der Waals surface area (Å²) in [5.74, 6) is 0.473. The molecular formula is C21H21N7O. The first-order valence-electron chi connectivity index (χ1n) is 9.24. The third-order valence-corrected chi connectivity index (χ3v) is 4.59. The summed E-state index contributed by atoms with van der Waals surface area (Å²) in [4.78, 5) is 25.5. The monoisotopic (exact) mass is 387 g/mol. The van der Waals surface area contributed by atoms with E-state index >= 15 is 0 Å².